The van der Waals surface area contributed by atoms with Crippen LogP contribution < -0.4 is 16.8 Å². The molecular weight excluding hydrogens is 324 g/mol. The number of carbonyl (C=O) groups excluding carboxylic acids is 4. The van der Waals surface area contributed by atoms with Gasteiger partial charge >= 0.3 is 0 Å². The molecule has 8 heteroatoms. The minimum Gasteiger partial charge on any atom is -0.399 e. The monoisotopic (exact) mass is 344 g/mol. The van der Waals surface area contributed by atoms with E-state index in [0.717, 1.165) is 4.90 Å². The molecule has 8 nitrogen and oxygen atoms in total. The smallest absolute Gasteiger partial charge is 0.262 e. The molecule has 4 amide bonds. The van der Waals surface area contributed by atoms with Crippen molar-refractivity contribution in [3.05, 3.63) is 29.3 Å². The summed E-state index contributed by atoms with van der Waals surface area (Å²) in [7, 11) is 0. The van der Waals surface area contributed by atoms with Crippen LogP contribution in [0, 0.1) is 0 Å². The van der Waals surface area contributed by atoms with Crippen molar-refractivity contribution in [3.63, 3.8) is 0 Å². The number of benzene rings is 1. The molecule has 3 rings (SSSR count). The van der Waals surface area contributed by atoms with Crippen LogP contribution in [0.2, 0.25) is 0 Å². The van der Waals surface area contributed by atoms with Crippen LogP contribution in [0.4, 0.5) is 5.69 Å². The Morgan fingerprint density at radius 3 is 2.48 bits per heavy atom. The molecule has 1 fully saturated rings. The zero-order valence-corrected chi connectivity index (χ0v) is 13.7. The van der Waals surface area contributed by atoms with Gasteiger partial charge in [-0.2, -0.15) is 0 Å². The fraction of sp³-hybridized carbons (Fsp3) is 0.412. The molecular formula is C17H20N4O4. The molecule has 2 aliphatic rings. The van der Waals surface area contributed by atoms with Crippen LogP contribution in [0.5, 0.6) is 0 Å². The molecule has 25 heavy (non-hydrogen) atoms. The Labute approximate surface area is 144 Å². The number of amides is 4. The third-order valence-corrected chi connectivity index (χ3v) is 4.82. The van der Waals surface area contributed by atoms with Gasteiger partial charge in [0, 0.05) is 12.1 Å². The molecule has 0 spiro atoms. The molecule has 0 radical (unpaired) electrons. The molecule has 1 saturated heterocycles. The summed E-state index contributed by atoms with van der Waals surface area (Å²) < 4.78 is 0. The number of imide groups is 2. The number of hydrogen-bond donors (Lipinski definition) is 3. The van der Waals surface area contributed by atoms with E-state index in [2.05, 4.69) is 5.32 Å². The van der Waals surface area contributed by atoms with Gasteiger partial charge in [-0.25, -0.2) is 0 Å². The quantitative estimate of drug-likeness (QED) is 0.396. The van der Waals surface area contributed by atoms with E-state index in [-0.39, 0.29) is 30.4 Å². The number of carbonyl (C=O) groups is 4. The van der Waals surface area contributed by atoms with Gasteiger partial charge in [0.1, 0.15) is 5.54 Å². The standard InChI is InChI=1S/C17H20N4O4/c18-8-2-1-6-17(7-5-13(22)20-16(17)25)21-14(23)11-4-3-10(19)9-12(11)15(21)24/h3-4,9H,1-2,5-8,18-19H2,(H,20,22,25). The van der Waals surface area contributed by atoms with Crippen LogP contribution in [0.25, 0.3) is 0 Å². The van der Waals surface area contributed by atoms with Crippen LogP contribution in [-0.2, 0) is 9.59 Å². The first-order valence-electron chi connectivity index (χ1n) is 8.23. The number of nitrogen functional groups attached to an aromatic ring is 1. The number of nitrogens with one attached hydrogen (secondary N) is 1. The Bertz CT molecular complexity index is 776. The van der Waals surface area contributed by atoms with E-state index < -0.39 is 29.2 Å². The summed E-state index contributed by atoms with van der Waals surface area (Å²) in [5, 5.41) is 2.27. The van der Waals surface area contributed by atoms with Crippen molar-refractivity contribution in [3.8, 4) is 0 Å². The molecule has 1 aromatic carbocycles. The number of nitrogens with two attached hydrogens (primary N) is 2. The number of nitrogens with zero attached hydrogens (tertiary/aromatic N) is 1. The van der Waals surface area contributed by atoms with Crippen LogP contribution in [0.1, 0.15) is 52.8 Å². The zero-order chi connectivity index (χ0) is 18.2. The average Bonchev–Trinajstić information content (AvgIpc) is 2.81. The molecule has 0 aliphatic carbocycles. The molecule has 0 bridgehead atoms. The fourth-order valence-corrected chi connectivity index (χ4v) is 3.51. The van der Waals surface area contributed by atoms with Gasteiger partial charge in [0.25, 0.3) is 17.7 Å². The SMILES string of the molecule is NCCCCC1(N2C(=O)c3ccc(N)cc3C2=O)CCC(=O)NC1=O. The normalized spacial score (nSPS) is 23.0. The number of anilines is 1. The van der Waals surface area contributed by atoms with Crippen LogP contribution in [-0.4, -0.2) is 40.6 Å². The predicted molar refractivity (Wildman–Crippen MR) is 89.4 cm³/mol. The molecule has 1 unspecified atom stereocenters. The highest BCUT2D eigenvalue weighted by atomic mass is 16.2. The van der Waals surface area contributed by atoms with Gasteiger partial charge in [-0.3, -0.25) is 29.4 Å². The van der Waals surface area contributed by atoms with Gasteiger partial charge in [0.2, 0.25) is 5.91 Å². The highest BCUT2D eigenvalue weighted by molar-refractivity contribution is 6.24. The maximum Gasteiger partial charge on any atom is 0.262 e. The Kier molecular flexibility index (Phi) is 4.30. The van der Waals surface area contributed by atoms with Crippen molar-refractivity contribution in [2.45, 2.75) is 37.6 Å². The molecule has 1 atom stereocenters. The van der Waals surface area contributed by atoms with Crippen molar-refractivity contribution >= 4 is 29.3 Å². The van der Waals surface area contributed by atoms with E-state index in [1.54, 1.807) is 6.07 Å². The van der Waals surface area contributed by atoms with Gasteiger partial charge in [0.05, 0.1) is 11.1 Å². The number of unbranched alkanes of at least 4 members (excludes halogenated alkanes) is 1. The summed E-state index contributed by atoms with van der Waals surface area (Å²) in [6.45, 7) is 0.440. The summed E-state index contributed by atoms with van der Waals surface area (Å²) in [5.41, 5.74) is 10.6. The fourth-order valence-electron chi connectivity index (χ4n) is 3.51. The van der Waals surface area contributed by atoms with E-state index in [4.69, 9.17) is 11.5 Å². The lowest BCUT2D eigenvalue weighted by Gasteiger charge is -2.41. The lowest BCUT2D eigenvalue weighted by Crippen LogP contribution is -2.64. The van der Waals surface area contributed by atoms with Gasteiger partial charge in [-0.1, -0.05) is 0 Å². The lowest BCUT2D eigenvalue weighted by molar-refractivity contribution is -0.142. The molecule has 1 aromatic rings. The Balaban J connectivity index is 2.02. The van der Waals surface area contributed by atoms with Crippen molar-refractivity contribution in [1.29, 1.82) is 0 Å². The van der Waals surface area contributed by atoms with Crippen molar-refractivity contribution in [2.75, 3.05) is 12.3 Å². The third-order valence-electron chi connectivity index (χ3n) is 4.82. The van der Waals surface area contributed by atoms with E-state index in [1.807, 2.05) is 0 Å². The molecule has 0 saturated carbocycles. The number of rotatable bonds is 5. The maximum atomic E-state index is 12.9. The second kappa shape index (κ2) is 6.29. The zero-order valence-electron chi connectivity index (χ0n) is 13.7. The summed E-state index contributed by atoms with van der Waals surface area (Å²) >= 11 is 0. The Hall–Kier alpha value is -2.74. The second-order valence-corrected chi connectivity index (χ2v) is 6.41. The Morgan fingerprint density at radius 2 is 1.80 bits per heavy atom. The lowest BCUT2D eigenvalue weighted by atomic mass is 9.82. The van der Waals surface area contributed by atoms with Crippen LogP contribution in [0.15, 0.2) is 18.2 Å². The van der Waals surface area contributed by atoms with Crippen LogP contribution in [0.3, 0.4) is 0 Å². The van der Waals surface area contributed by atoms with E-state index >= 15 is 0 Å². The summed E-state index contributed by atoms with van der Waals surface area (Å²) in [6.07, 6.45) is 1.67. The van der Waals surface area contributed by atoms with E-state index in [1.165, 1.54) is 12.1 Å². The second-order valence-electron chi connectivity index (χ2n) is 6.41. The minimum absolute atomic E-state index is 0.0733. The number of hydrogen-bond acceptors (Lipinski definition) is 6. The first-order valence-corrected chi connectivity index (χ1v) is 8.23. The third kappa shape index (κ3) is 2.68. The topological polar surface area (TPSA) is 136 Å². The molecule has 0 aromatic heterocycles. The van der Waals surface area contributed by atoms with Gasteiger partial charge in [-0.05, 0) is 50.4 Å². The molecule has 2 heterocycles. The van der Waals surface area contributed by atoms with Gasteiger partial charge in [-0.15, -0.1) is 0 Å². The Morgan fingerprint density at radius 1 is 1.08 bits per heavy atom. The first-order chi connectivity index (χ1) is 11.9. The van der Waals surface area contributed by atoms with Crippen molar-refractivity contribution < 1.29 is 19.2 Å². The summed E-state index contributed by atoms with van der Waals surface area (Å²) in [4.78, 5) is 51.0. The van der Waals surface area contributed by atoms with Crippen molar-refractivity contribution in [1.82, 2.24) is 10.2 Å². The molecule has 5 N–H and O–H groups in total. The summed E-state index contributed by atoms with van der Waals surface area (Å²) in [6, 6.07) is 4.47. The van der Waals surface area contributed by atoms with Gasteiger partial charge in [0.15, 0.2) is 0 Å². The number of fused-ring (bicyclic) bond motifs is 1. The molecule has 132 valence electrons. The largest absolute Gasteiger partial charge is 0.399 e. The first kappa shape index (κ1) is 17.1. The average molecular weight is 344 g/mol. The van der Waals surface area contributed by atoms with Gasteiger partial charge < -0.3 is 11.5 Å². The highest BCUT2D eigenvalue weighted by Crippen LogP contribution is 2.38. The van der Waals surface area contributed by atoms with Crippen LogP contribution >= 0.6 is 0 Å². The minimum atomic E-state index is -1.37. The predicted octanol–water partition coefficient (Wildman–Crippen LogP) is 0.169. The highest BCUT2D eigenvalue weighted by Gasteiger charge is 2.55. The number of piperidine rings is 1. The van der Waals surface area contributed by atoms with E-state index in [9.17, 15) is 19.2 Å². The maximum absolute atomic E-state index is 12.9. The molecule has 2 aliphatic heterocycles. The summed E-state index contributed by atoms with van der Waals surface area (Å²) in [5.74, 6) is -2.09. The van der Waals surface area contributed by atoms with Crippen molar-refractivity contribution in [2.24, 2.45) is 5.73 Å². The van der Waals surface area contributed by atoms with E-state index in [0.29, 0.717) is 25.1 Å².